The normalized spacial score (nSPS) is 17.7. The van der Waals surface area contributed by atoms with Crippen LogP contribution in [0.15, 0.2) is 46.8 Å². The van der Waals surface area contributed by atoms with Gasteiger partial charge < -0.3 is 14.5 Å². The maximum atomic E-state index is 12.7. The van der Waals surface area contributed by atoms with E-state index in [0.29, 0.717) is 16.5 Å². The number of benzene rings is 1. The predicted molar refractivity (Wildman–Crippen MR) is 135 cm³/mol. The number of carbonyl (C=O) groups excluding carboxylic acids is 1. The van der Waals surface area contributed by atoms with E-state index in [9.17, 15) is 13.2 Å². The molecule has 8 nitrogen and oxygen atoms in total. The van der Waals surface area contributed by atoms with Crippen molar-refractivity contribution in [2.24, 2.45) is 5.92 Å². The van der Waals surface area contributed by atoms with Crippen LogP contribution in [-0.4, -0.2) is 50.1 Å². The molecule has 2 fully saturated rings. The summed E-state index contributed by atoms with van der Waals surface area (Å²) in [6.45, 7) is 1.47. The first-order valence-corrected chi connectivity index (χ1v) is 14.3. The monoisotopic (exact) mass is 515 g/mol. The summed E-state index contributed by atoms with van der Waals surface area (Å²) < 4.78 is 35.9. The first kappa shape index (κ1) is 24.0. The Hall–Kier alpha value is -2.69. The SMILES string of the molecule is COC(=O)Nc1cc(-c2nccs2)[nH]c1C(CC1CCOCC1)c1ccc(S(=O)(=O)C2CC2)cc1. The van der Waals surface area contributed by atoms with Crippen LogP contribution in [-0.2, 0) is 19.3 Å². The van der Waals surface area contributed by atoms with Crippen molar-refractivity contribution in [3.05, 3.63) is 53.2 Å². The summed E-state index contributed by atoms with van der Waals surface area (Å²) in [5.41, 5.74) is 3.29. The molecular weight excluding hydrogens is 486 g/mol. The van der Waals surface area contributed by atoms with E-state index in [1.165, 1.54) is 18.4 Å². The number of thiazole rings is 1. The quantitative estimate of drug-likeness (QED) is 0.427. The summed E-state index contributed by atoms with van der Waals surface area (Å²) in [6.07, 6.45) is 5.43. The van der Waals surface area contributed by atoms with Gasteiger partial charge in [-0.1, -0.05) is 12.1 Å². The van der Waals surface area contributed by atoms with E-state index in [2.05, 4.69) is 15.3 Å². The van der Waals surface area contributed by atoms with E-state index in [0.717, 1.165) is 67.3 Å². The molecule has 0 radical (unpaired) electrons. The van der Waals surface area contributed by atoms with Gasteiger partial charge in [0, 0.05) is 36.4 Å². The van der Waals surface area contributed by atoms with Gasteiger partial charge in [0.15, 0.2) is 9.84 Å². The number of hydrogen-bond acceptors (Lipinski definition) is 7. The van der Waals surface area contributed by atoms with Crippen LogP contribution >= 0.6 is 11.3 Å². The minimum Gasteiger partial charge on any atom is -0.453 e. The smallest absolute Gasteiger partial charge is 0.411 e. The standard InChI is InChI=1S/C25H29N3O5S2/c1-32-25(29)28-21-15-22(24-26-10-13-34-24)27-23(21)20(14-16-8-11-33-12-9-16)17-2-4-18(5-3-17)35(30,31)19-6-7-19/h2-5,10,13,15-16,19-20,27H,6-9,11-12,14H2,1H3,(H,28,29). The largest absolute Gasteiger partial charge is 0.453 e. The zero-order valence-electron chi connectivity index (χ0n) is 19.5. The third-order valence-corrected chi connectivity index (χ3v) is 9.85. The third-order valence-electron chi connectivity index (χ3n) is 6.77. The minimum atomic E-state index is -3.26. The van der Waals surface area contributed by atoms with Crippen molar-refractivity contribution in [3.8, 4) is 10.7 Å². The Bertz CT molecular complexity index is 1260. The average Bonchev–Trinajstić information content (AvgIpc) is 3.46. The molecule has 3 aromatic rings. The highest BCUT2D eigenvalue weighted by atomic mass is 32.2. The summed E-state index contributed by atoms with van der Waals surface area (Å²) in [7, 11) is -1.92. The third kappa shape index (κ3) is 5.29. The zero-order chi connectivity index (χ0) is 24.4. The maximum Gasteiger partial charge on any atom is 0.411 e. The fraction of sp³-hybridized carbons (Fsp3) is 0.440. The van der Waals surface area contributed by atoms with Crippen molar-refractivity contribution in [1.29, 1.82) is 0 Å². The lowest BCUT2D eigenvalue weighted by molar-refractivity contribution is 0.0626. The van der Waals surface area contributed by atoms with Crippen LogP contribution < -0.4 is 5.32 Å². The molecule has 2 N–H and O–H groups in total. The first-order chi connectivity index (χ1) is 17.0. The molecule has 1 saturated carbocycles. The molecule has 1 saturated heterocycles. The number of carbonyl (C=O) groups is 1. The van der Waals surface area contributed by atoms with Gasteiger partial charge in [-0.05, 0) is 61.8 Å². The highest BCUT2D eigenvalue weighted by Crippen LogP contribution is 2.41. The number of methoxy groups -OCH3 is 1. The molecule has 0 bridgehead atoms. The van der Waals surface area contributed by atoms with Crippen LogP contribution in [0, 0.1) is 5.92 Å². The Morgan fingerprint density at radius 2 is 1.97 bits per heavy atom. The Labute approximate surface area is 209 Å². The second-order valence-corrected chi connectivity index (χ2v) is 12.2. The molecular formula is C25H29N3O5S2. The Kier molecular flexibility index (Phi) is 6.95. The van der Waals surface area contributed by atoms with E-state index in [1.54, 1.807) is 18.3 Å². The van der Waals surface area contributed by atoms with Crippen LogP contribution in [0.4, 0.5) is 10.5 Å². The van der Waals surface area contributed by atoms with E-state index >= 15 is 0 Å². The molecule has 2 aliphatic rings. The lowest BCUT2D eigenvalue weighted by Crippen LogP contribution is -2.20. The number of nitrogens with one attached hydrogen (secondary N) is 2. The Balaban J connectivity index is 1.54. The predicted octanol–water partition coefficient (Wildman–Crippen LogP) is 5.20. The minimum absolute atomic E-state index is 0.0864. The number of amides is 1. The summed E-state index contributed by atoms with van der Waals surface area (Å²) in [5, 5.41) is 5.33. The van der Waals surface area contributed by atoms with Crippen LogP contribution in [0.1, 0.15) is 49.3 Å². The van der Waals surface area contributed by atoms with Gasteiger partial charge in [0.1, 0.15) is 5.01 Å². The molecule has 1 unspecified atom stereocenters. The maximum absolute atomic E-state index is 12.7. The van der Waals surface area contributed by atoms with E-state index in [4.69, 9.17) is 9.47 Å². The lowest BCUT2D eigenvalue weighted by Gasteiger charge is -2.27. The van der Waals surface area contributed by atoms with Gasteiger partial charge in [-0.2, -0.15) is 0 Å². The average molecular weight is 516 g/mol. The number of rotatable bonds is 8. The van der Waals surface area contributed by atoms with Crippen molar-refractivity contribution in [2.75, 3.05) is 25.6 Å². The Morgan fingerprint density at radius 1 is 1.23 bits per heavy atom. The van der Waals surface area contributed by atoms with E-state index in [1.807, 2.05) is 23.6 Å². The summed E-state index contributed by atoms with van der Waals surface area (Å²) >= 11 is 1.51. The number of sulfone groups is 1. The summed E-state index contributed by atoms with van der Waals surface area (Å²) in [5.74, 6) is 0.359. The number of H-pyrrole nitrogens is 1. The number of aromatic nitrogens is 2. The molecule has 1 amide bonds. The van der Waals surface area contributed by atoms with Gasteiger partial charge in [0.25, 0.3) is 0 Å². The highest BCUT2D eigenvalue weighted by molar-refractivity contribution is 7.92. The van der Waals surface area contributed by atoms with Gasteiger partial charge in [0.2, 0.25) is 0 Å². The zero-order valence-corrected chi connectivity index (χ0v) is 21.2. The molecule has 1 aliphatic carbocycles. The summed E-state index contributed by atoms with van der Waals surface area (Å²) in [4.78, 5) is 20.4. The van der Waals surface area contributed by atoms with Crippen LogP contribution in [0.5, 0.6) is 0 Å². The van der Waals surface area contributed by atoms with Crippen LogP contribution in [0.3, 0.4) is 0 Å². The molecule has 0 spiro atoms. The first-order valence-electron chi connectivity index (χ1n) is 11.8. The number of hydrogen-bond donors (Lipinski definition) is 2. The number of ether oxygens (including phenoxy) is 2. The molecule has 3 heterocycles. The second-order valence-electron chi connectivity index (χ2n) is 9.12. The van der Waals surface area contributed by atoms with Crippen LogP contribution in [0.25, 0.3) is 10.7 Å². The van der Waals surface area contributed by atoms with Crippen molar-refractivity contribution in [3.63, 3.8) is 0 Å². The molecule has 35 heavy (non-hydrogen) atoms. The fourth-order valence-corrected chi connectivity index (χ4v) is 6.94. The lowest BCUT2D eigenvalue weighted by atomic mass is 9.83. The fourth-order valence-electron chi connectivity index (χ4n) is 4.68. The van der Waals surface area contributed by atoms with Crippen molar-refractivity contribution >= 4 is 33.0 Å². The van der Waals surface area contributed by atoms with Crippen LogP contribution in [0.2, 0.25) is 0 Å². The highest BCUT2D eigenvalue weighted by Gasteiger charge is 2.37. The van der Waals surface area contributed by atoms with Gasteiger partial charge in [-0.25, -0.2) is 18.2 Å². The molecule has 1 aromatic carbocycles. The van der Waals surface area contributed by atoms with Crippen molar-refractivity contribution < 1.29 is 22.7 Å². The van der Waals surface area contributed by atoms with Gasteiger partial charge in [0.05, 0.1) is 28.6 Å². The van der Waals surface area contributed by atoms with Gasteiger partial charge in [-0.15, -0.1) is 11.3 Å². The Morgan fingerprint density at radius 3 is 2.60 bits per heavy atom. The molecule has 1 aliphatic heterocycles. The second kappa shape index (κ2) is 10.1. The molecule has 186 valence electrons. The van der Waals surface area contributed by atoms with E-state index in [-0.39, 0.29) is 11.2 Å². The molecule has 2 aromatic heterocycles. The van der Waals surface area contributed by atoms with Crippen molar-refractivity contribution in [2.45, 2.75) is 48.2 Å². The van der Waals surface area contributed by atoms with E-state index < -0.39 is 15.9 Å². The number of nitrogens with zero attached hydrogens (tertiary/aromatic N) is 1. The van der Waals surface area contributed by atoms with Gasteiger partial charge >= 0.3 is 6.09 Å². The molecule has 5 rings (SSSR count). The number of anilines is 1. The topological polar surface area (TPSA) is 110 Å². The van der Waals surface area contributed by atoms with Gasteiger partial charge in [-0.3, -0.25) is 5.32 Å². The molecule has 1 atom stereocenters. The number of aromatic amines is 1. The molecule has 10 heteroatoms. The summed E-state index contributed by atoms with van der Waals surface area (Å²) in [6, 6.07) is 9.14. The van der Waals surface area contributed by atoms with Crippen molar-refractivity contribution in [1.82, 2.24) is 9.97 Å².